The molecule has 0 radical (unpaired) electrons. The zero-order valence-corrected chi connectivity index (χ0v) is 12.1. The molecule has 2 nitrogen and oxygen atoms in total. The standard InChI is InChI=1S/C14H18O2S2/c1-11-14(7-9-16-11)17-10-13-6-5-12(18-13)4-2-3-8-15/h5-6,11,14-15H,3,7-10H2,1H3. The highest BCUT2D eigenvalue weighted by Gasteiger charge is 2.24. The third-order valence-electron chi connectivity index (χ3n) is 2.86. The van der Waals surface area contributed by atoms with Gasteiger partial charge < -0.3 is 9.84 Å². The zero-order chi connectivity index (χ0) is 12.8. The highest BCUT2D eigenvalue weighted by atomic mass is 32.2. The molecule has 1 fully saturated rings. The van der Waals surface area contributed by atoms with Crippen molar-refractivity contribution in [2.75, 3.05) is 13.2 Å². The molecule has 98 valence electrons. The van der Waals surface area contributed by atoms with Crippen molar-refractivity contribution >= 4 is 23.1 Å². The second-order valence-electron chi connectivity index (χ2n) is 4.26. The lowest BCUT2D eigenvalue weighted by molar-refractivity contribution is 0.127. The van der Waals surface area contributed by atoms with Gasteiger partial charge in [0.2, 0.25) is 0 Å². The number of ether oxygens (including phenoxy) is 1. The SMILES string of the molecule is CC1OCCC1SCc1ccc(C#CCCO)s1. The van der Waals surface area contributed by atoms with E-state index in [4.69, 9.17) is 9.84 Å². The predicted molar refractivity (Wildman–Crippen MR) is 78.0 cm³/mol. The fraction of sp³-hybridized carbons (Fsp3) is 0.571. The van der Waals surface area contributed by atoms with Crippen LogP contribution in [0.15, 0.2) is 12.1 Å². The lowest BCUT2D eigenvalue weighted by Gasteiger charge is -2.12. The Kier molecular flexibility index (Phi) is 5.58. The Morgan fingerprint density at radius 2 is 2.44 bits per heavy atom. The molecule has 0 amide bonds. The lowest BCUT2D eigenvalue weighted by atomic mass is 10.3. The van der Waals surface area contributed by atoms with E-state index in [0.717, 1.165) is 17.2 Å². The second-order valence-corrected chi connectivity index (χ2v) is 6.65. The van der Waals surface area contributed by atoms with E-state index in [0.29, 0.717) is 17.8 Å². The maximum Gasteiger partial charge on any atom is 0.0771 e. The molecule has 2 unspecified atom stereocenters. The van der Waals surface area contributed by atoms with E-state index < -0.39 is 0 Å². The van der Waals surface area contributed by atoms with Crippen molar-refractivity contribution in [3.8, 4) is 11.8 Å². The van der Waals surface area contributed by atoms with Gasteiger partial charge in [-0.1, -0.05) is 11.8 Å². The Balaban J connectivity index is 1.82. The number of aliphatic hydroxyl groups excluding tert-OH is 1. The van der Waals surface area contributed by atoms with Gasteiger partial charge >= 0.3 is 0 Å². The topological polar surface area (TPSA) is 29.5 Å². The van der Waals surface area contributed by atoms with Gasteiger partial charge in [-0.2, -0.15) is 11.8 Å². The first-order valence-corrected chi connectivity index (χ1v) is 8.08. The van der Waals surface area contributed by atoms with Gasteiger partial charge in [0, 0.05) is 28.9 Å². The maximum absolute atomic E-state index is 8.67. The summed E-state index contributed by atoms with van der Waals surface area (Å²) in [5.74, 6) is 7.08. The third kappa shape index (κ3) is 4.03. The van der Waals surface area contributed by atoms with Gasteiger partial charge in [-0.25, -0.2) is 0 Å². The predicted octanol–water partition coefficient (Wildman–Crippen LogP) is 2.89. The Labute approximate surface area is 117 Å². The van der Waals surface area contributed by atoms with Crippen LogP contribution in [0, 0.1) is 11.8 Å². The molecule has 2 atom stereocenters. The van der Waals surface area contributed by atoms with E-state index in [9.17, 15) is 0 Å². The molecule has 0 aromatic carbocycles. The monoisotopic (exact) mass is 282 g/mol. The zero-order valence-electron chi connectivity index (χ0n) is 10.5. The van der Waals surface area contributed by atoms with Crippen LogP contribution in [0.5, 0.6) is 0 Å². The van der Waals surface area contributed by atoms with Crippen LogP contribution in [0.3, 0.4) is 0 Å². The number of hydrogen-bond donors (Lipinski definition) is 1. The van der Waals surface area contributed by atoms with Crippen molar-refractivity contribution in [2.24, 2.45) is 0 Å². The van der Waals surface area contributed by atoms with E-state index >= 15 is 0 Å². The average molecular weight is 282 g/mol. The summed E-state index contributed by atoms with van der Waals surface area (Å²) < 4.78 is 5.56. The van der Waals surface area contributed by atoms with E-state index in [-0.39, 0.29) is 6.61 Å². The molecular weight excluding hydrogens is 264 g/mol. The van der Waals surface area contributed by atoms with Crippen molar-refractivity contribution < 1.29 is 9.84 Å². The van der Waals surface area contributed by atoms with Crippen molar-refractivity contribution in [2.45, 2.75) is 36.9 Å². The molecule has 1 aromatic rings. The molecule has 1 aliphatic heterocycles. The summed E-state index contributed by atoms with van der Waals surface area (Å²) in [4.78, 5) is 2.46. The summed E-state index contributed by atoms with van der Waals surface area (Å²) in [5.41, 5.74) is 0. The van der Waals surface area contributed by atoms with E-state index in [1.54, 1.807) is 11.3 Å². The van der Waals surface area contributed by atoms with Crippen molar-refractivity contribution in [1.82, 2.24) is 0 Å². The first-order valence-electron chi connectivity index (χ1n) is 6.21. The normalized spacial score (nSPS) is 22.8. The van der Waals surface area contributed by atoms with Gasteiger partial charge in [0.15, 0.2) is 0 Å². The molecule has 1 saturated heterocycles. The van der Waals surface area contributed by atoms with Crippen LogP contribution < -0.4 is 0 Å². The van der Waals surface area contributed by atoms with Crippen LogP contribution in [0.2, 0.25) is 0 Å². The Bertz CT molecular complexity index is 430. The van der Waals surface area contributed by atoms with Crippen LogP contribution >= 0.6 is 23.1 Å². The minimum atomic E-state index is 0.140. The quantitative estimate of drug-likeness (QED) is 0.861. The van der Waals surface area contributed by atoms with E-state index in [1.165, 1.54) is 11.3 Å². The van der Waals surface area contributed by atoms with Crippen molar-refractivity contribution in [3.63, 3.8) is 0 Å². The van der Waals surface area contributed by atoms with Crippen LogP contribution in [-0.4, -0.2) is 29.7 Å². The van der Waals surface area contributed by atoms with Crippen LogP contribution in [0.1, 0.15) is 29.5 Å². The summed E-state index contributed by atoms with van der Waals surface area (Å²) in [7, 11) is 0. The summed E-state index contributed by atoms with van der Waals surface area (Å²) in [5, 5.41) is 9.30. The molecule has 2 rings (SSSR count). The molecule has 1 aromatic heterocycles. The molecule has 2 heterocycles. The molecule has 1 aliphatic rings. The molecular formula is C14H18O2S2. The summed E-state index contributed by atoms with van der Waals surface area (Å²) >= 11 is 3.74. The largest absolute Gasteiger partial charge is 0.395 e. The fourth-order valence-corrected chi connectivity index (χ4v) is 4.05. The van der Waals surface area contributed by atoms with Gasteiger partial charge in [-0.05, 0) is 25.5 Å². The molecule has 18 heavy (non-hydrogen) atoms. The molecule has 1 N–H and O–H groups in total. The number of aliphatic hydroxyl groups is 1. The minimum Gasteiger partial charge on any atom is -0.395 e. The first-order chi connectivity index (χ1) is 8.79. The maximum atomic E-state index is 8.67. The van der Waals surface area contributed by atoms with E-state index in [1.807, 2.05) is 11.8 Å². The summed E-state index contributed by atoms with van der Waals surface area (Å²) in [6.07, 6.45) is 2.11. The highest BCUT2D eigenvalue weighted by Crippen LogP contribution is 2.30. The van der Waals surface area contributed by atoms with Crippen LogP contribution in [0.4, 0.5) is 0 Å². The average Bonchev–Trinajstić information content (AvgIpc) is 2.96. The van der Waals surface area contributed by atoms with Gasteiger partial charge in [0.1, 0.15) is 0 Å². The number of rotatable bonds is 4. The number of hydrogen-bond acceptors (Lipinski definition) is 4. The van der Waals surface area contributed by atoms with Crippen molar-refractivity contribution in [1.29, 1.82) is 0 Å². The third-order valence-corrected chi connectivity index (χ3v) is 5.56. The first kappa shape index (κ1) is 14.0. The molecule has 0 aliphatic carbocycles. The molecule has 0 spiro atoms. The second kappa shape index (κ2) is 7.20. The Hall–Kier alpha value is -0.470. The summed E-state index contributed by atoms with van der Waals surface area (Å²) in [6.45, 7) is 3.20. The van der Waals surface area contributed by atoms with Crippen molar-refractivity contribution in [3.05, 3.63) is 21.9 Å². The Morgan fingerprint density at radius 1 is 1.56 bits per heavy atom. The van der Waals surface area contributed by atoms with Gasteiger partial charge in [0.05, 0.1) is 17.6 Å². The van der Waals surface area contributed by atoms with E-state index in [2.05, 4.69) is 30.9 Å². The van der Waals surface area contributed by atoms with Gasteiger partial charge in [-0.3, -0.25) is 0 Å². The van der Waals surface area contributed by atoms with Crippen LogP contribution in [0.25, 0.3) is 0 Å². The summed E-state index contributed by atoms with van der Waals surface area (Å²) in [6, 6.07) is 4.22. The number of thioether (sulfide) groups is 1. The fourth-order valence-electron chi connectivity index (χ4n) is 1.85. The highest BCUT2D eigenvalue weighted by molar-refractivity contribution is 7.99. The van der Waals surface area contributed by atoms with Crippen LogP contribution in [-0.2, 0) is 10.5 Å². The Morgan fingerprint density at radius 3 is 3.17 bits per heavy atom. The van der Waals surface area contributed by atoms with Gasteiger partial charge in [0.25, 0.3) is 0 Å². The molecule has 4 heteroatoms. The molecule has 0 saturated carbocycles. The minimum absolute atomic E-state index is 0.140. The smallest absolute Gasteiger partial charge is 0.0771 e. The number of thiophene rings is 1. The molecule has 0 bridgehead atoms. The lowest BCUT2D eigenvalue weighted by Crippen LogP contribution is -2.13. The van der Waals surface area contributed by atoms with Gasteiger partial charge in [-0.15, -0.1) is 11.3 Å².